The van der Waals surface area contributed by atoms with Crippen molar-refractivity contribution in [1.82, 2.24) is 4.90 Å². The minimum atomic E-state index is -0.386. The molecule has 0 aromatic heterocycles. The molecule has 8 heteroatoms. The molecule has 0 N–H and O–H groups in total. The fourth-order valence-corrected chi connectivity index (χ4v) is 4.51. The van der Waals surface area contributed by atoms with Crippen LogP contribution in [-0.2, 0) is 11.3 Å². The van der Waals surface area contributed by atoms with Gasteiger partial charge in [-0.2, -0.15) is 0 Å². The summed E-state index contributed by atoms with van der Waals surface area (Å²) in [5.74, 6) is 1.04. The van der Waals surface area contributed by atoms with Crippen LogP contribution in [0.5, 0.6) is 11.5 Å². The lowest BCUT2D eigenvalue weighted by Gasteiger charge is -2.14. The lowest BCUT2D eigenvalue weighted by Crippen LogP contribution is -2.27. The van der Waals surface area contributed by atoms with Gasteiger partial charge in [0.15, 0.2) is 0 Å². The van der Waals surface area contributed by atoms with Crippen molar-refractivity contribution in [2.24, 2.45) is 0 Å². The summed E-state index contributed by atoms with van der Waals surface area (Å²) in [6.45, 7) is 0.788. The molecule has 168 valence electrons. The predicted octanol–water partition coefficient (Wildman–Crippen LogP) is 6.69. The molecule has 0 unspecified atom stereocenters. The van der Waals surface area contributed by atoms with Gasteiger partial charge in [-0.25, -0.2) is 0 Å². The summed E-state index contributed by atoms with van der Waals surface area (Å²) in [4.78, 5) is 26.8. The zero-order valence-electron chi connectivity index (χ0n) is 17.4. The number of carbonyl (C=O) groups is 2. The number of thioether (sulfide) groups is 1. The summed E-state index contributed by atoms with van der Waals surface area (Å²) in [6, 6.07) is 21.9. The lowest BCUT2D eigenvalue weighted by molar-refractivity contribution is -0.123. The molecule has 0 saturated carbocycles. The maximum absolute atomic E-state index is 12.9. The van der Waals surface area contributed by atoms with Crippen molar-refractivity contribution in [1.29, 1.82) is 0 Å². The lowest BCUT2D eigenvalue weighted by atomic mass is 10.2. The van der Waals surface area contributed by atoms with E-state index >= 15 is 0 Å². The standard InChI is InChI=1S/C25H19Cl2NO4S/c26-21-10-5-11-22(27)20(21)16-28-24(29)23(33-25(28)30)15-17-6-4-9-19(14-17)32-13-12-31-18-7-2-1-3-8-18/h1-11,14-15H,12-13,16H2/b23-15-. The second-order valence-corrected chi connectivity index (χ2v) is 8.86. The Kier molecular flexibility index (Phi) is 7.60. The van der Waals surface area contributed by atoms with Crippen LogP contribution in [0.2, 0.25) is 10.0 Å². The fourth-order valence-electron chi connectivity index (χ4n) is 3.16. The highest BCUT2D eigenvalue weighted by molar-refractivity contribution is 8.18. The number of amides is 2. The largest absolute Gasteiger partial charge is 0.490 e. The first-order valence-corrected chi connectivity index (χ1v) is 11.7. The molecule has 1 heterocycles. The Labute approximate surface area is 205 Å². The number of nitrogens with zero attached hydrogens (tertiary/aromatic N) is 1. The highest BCUT2D eigenvalue weighted by atomic mass is 35.5. The van der Waals surface area contributed by atoms with Gasteiger partial charge < -0.3 is 9.47 Å². The number of para-hydroxylation sites is 1. The van der Waals surface area contributed by atoms with E-state index in [0.29, 0.717) is 39.5 Å². The van der Waals surface area contributed by atoms with E-state index in [2.05, 4.69) is 0 Å². The van der Waals surface area contributed by atoms with Crippen LogP contribution >= 0.6 is 35.0 Å². The molecule has 5 nitrogen and oxygen atoms in total. The van der Waals surface area contributed by atoms with E-state index in [4.69, 9.17) is 32.7 Å². The average Bonchev–Trinajstić information content (AvgIpc) is 3.07. The van der Waals surface area contributed by atoms with Crippen molar-refractivity contribution in [2.75, 3.05) is 13.2 Å². The molecule has 0 radical (unpaired) electrons. The quantitative estimate of drug-likeness (QED) is 0.255. The predicted molar refractivity (Wildman–Crippen MR) is 132 cm³/mol. The molecule has 0 bridgehead atoms. The highest BCUT2D eigenvalue weighted by Crippen LogP contribution is 2.35. The third-order valence-corrected chi connectivity index (χ3v) is 6.39. The van der Waals surface area contributed by atoms with Gasteiger partial charge in [-0.1, -0.05) is 59.6 Å². The molecule has 1 saturated heterocycles. The van der Waals surface area contributed by atoms with Gasteiger partial charge in [0, 0.05) is 15.6 Å². The summed E-state index contributed by atoms with van der Waals surface area (Å²) < 4.78 is 11.4. The number of carbonyl (C=O) groups excluding carboxylic acids is 2. The second-order valence-electron chi connectivity index (χ2n) is 7.05. The second kappa shape index (κ2) is 10.8. The zero-order valence-corrected chi connectivity index (χ0v) is 19.7. The van der Waals surface area contributed by atoms with Gasteiger partial charge >= 0.3 is 0 Å². The molecule has 3 aromatic carbocycles. The van der Waals surface area contributed by atoms with Crippen molar-refractivity contribution < 1.29 is 19.1 Å². The van der Waals surface area contributed by atoms with Crippen LogP contribution in [0.15, 0.2) is 77.7 Å². The van der Waals surface area contributed by atoms with E-state index in [1.165, 1.54) is 0 Å². The van der Waals surface area contributed by atoms with Crippen LogP contribution in [0.3, 0.4) is 0 Å². The Balaban J connectivity index is 1.39. The normalized spacial score (nSPS) is 14.7. The number of imide groups is 1. The number of halogens is 2. The summed E-state index contributed by atoms with van der Waals surface area (Å²) in [5, 5.41) is 0.450. The van der Waals surface area contributed by atoms with Gasteiger partial charge in [0.1, 0.15) is 24.7 Å². The first-order chi connectivity index (χ1) is 16.0. The van der Waals surface area contributed by atoms with Gasteiger partial charge in [0.2, 0.25) is 0 Å². The SMILES string of the molecule is O=C1S/C(=C\c2cccc(OCCOc3ccccc3)c2)C(=O)N1Cc1c(Cl)cccc1Cl. The molecule has 0 aliphatic carbocycles. The Morgan fingerprint density at radius 3 is 2.18 bits per heavy atom. The van der Waals surface area contributed by atoms with Crippen LogP contribution in [0.1, 0.15) is 11.1 Å². The van der Waals surface area contributed by atoms with E-state index in [1.807, 2.05) is 48.5 Å². The van der Waals surface area contributed by atoms with Crippen molar-refractivity contribution in [3.63, 3.8) is 0 Å². The van der Waals surface area contributed by atoms with Gasteiger partial charge in [0.05, 0.1) is 11.4 Å². The van der Waals surface area contributed by atoms with E-state index in [1.54, 1.807) is 30.3 Å². The van der Waals surface area contributed by atoms with Crippen molar-refractivity contribution in [2.45, 2.75) is 6.54 Å². The molecule has 4 rings (SSSR count). The number of hydrogen-bond acceptors (Lipinski definition) is 5. The minimum absolute atomic E-state index is 0.0189. The van der Waals surface area contributed by atoms with Crippen molar-refractivity contribution in [3.8, 4) is 11.5 Å². The third kappa shape index (κ3) is 5.90. The van der Waals surface area contributed by atoms with Gasteiger partial charge in [-0.3, -0.25) is 14.5 Å². The Morgan fingerprint density at radius 1 is 0.818 bits per heavy atom. The molecule has 1 fully saturated rings. The molecule has 1 aliphatic heterocycles. The van der Waals surface area contributed by atoms with Crippen LogP contribution in [0.4, 0.5) is 4.79 Å². The molecular weight excluding hydrogens is 481 g/mol. The van der Waals surface area contributed by atoms with Crippen LogP contribution in [0, 0.1) is 0 Å². The van der Waals surface area contributed by atoms with Crippen LogP contribution < -0.4 is 9.47 Å². The Bertz CT molecular complexity index is 1180. The number of ether oxygens (including phenoxy) is 2. The van der Waals surface area contributed by atoms with E-state index in [0.717, 1.165) is 28.0 Å². The van der Waals surface area contributed by atoms with Crippen LogP contribution in [0.25, 0.3) is 6.08 Å². The summed E-state index contributed by atoms with van der Waals surface area (Å²) >= 11 is 13.3. The summed E-state index contributed by atoms with van der Waals surface area (Å²) in [6.07, 6.45) is 1.67. The smallest absolute Gasteiger partial charge is 0.293 e. The molecular formula is C25H19Cl2NO4S. The molecule has 0 atom stereocenters. The molecule has 33 heavy (non-hydrogen) atoms. The topological polar surface area (TPSA) is 55.8 Å². The molecule has 2 amide bonds. The van der Waals surface area contributed by atoms with Gasteiger partial charge in [-0.15, -0.1) is 0 Å². The van der Waals surface area contributed by atoms with E-state index in [-0.39, 0.29) is 17.7 Å². The average molecular weight is 500 g/mol. The maximum atomic E-state index is 12.9. The third-order valence-electron chi connectivity index (χ3n) is 4.77. The summed E-state index contributed by atoms with van der Waals surface area (Å²) in [5.41, 5.74) is 1.29. The maximum Gasteiger partial charge on any atom is 0.293 e. The minimum Gasteiger partial charge on any atom is -0.490 e. The highest BCUT2D eigenvalue weighted by Gasteiger charge is 2.35. The molecule has 1 aliphatic rings. The number of benzene rings is 3. The number of hydrogen-bond donors (Lipinski definition) is 0. The fraction of sp³-hybridized carbons (Fsp3) is 0.120. The Hall–Kier alpha value is -2.93. The van der Waals surface area contributed by atoms with Gasteiger partial charge in [-0.05, 0) is 59.8 Å². The zero-order chi connectivity index (χ0) is 23.2. The first-order valence-electron chi connectivity index (χ1n) is 10.1. The van der Waals surface area contributed by atoms with E-state index in [9.17, 15) is 9.59 Å². The molecule has 3 aromatic rings. The van der Waals surface area contributed by atoms with Gasteiger partial charge in [0.25, 0.3) is 11.1 Å². The van der Waals surface area contributed by atoms with E-state index < -0.39 is 0 Å². The van der Waals surface area contributed by atoms with Crippen molar-refractivity contribution >= 4 is 52.2 Å². The van der Waals surface area contributed by atoms with Crippen LogP contribution in [-0.4, -0.2) is 29.3 Å². The first kappa shape index (κ1) is 23.2. The number of rotatable bonds is 8. The van der Waals surface area contributed by atoms with Crippen molar-refractivity contribution in [3.05, 3.63) is 98.9 Å². The molecule has 0 spiro atoms. The Morgan fingerprint density at radius 2 is 1.45 bits per heavy atom. The monoisotopic (exact) mass is 499 g/mol. The summed E-state index contributed by atoms with van der Waals surface area (Å²) in [7, 11) is 0.